The molecule has 0 atom stereocenters. The molecule has 1 N–H and O–H groups in total. The molecule has 1 amide bonds. The number of carbonyl (C=O) groups is 1. The molecule has 1 aliphatic rings. The first-order valence-electron chi connectivity index (χ1n) is 11.0. The second-order valence-corrected chi connectivity index (χ2v) is 9.19. The Morgan fingerprint density at radius 3 is 2.56 bits per heavy atom. The lowest BCUT2D eigenvalue weighted by molar-refractivity contribution is 0.0954. The molecule has 2 heterocycles. The first-order valence-corrected chi connectivity index (χ1v) is 12.4. The number of nitrogens with zero attached hydrogens (tertiary/aromatic N) is 3. The SMILES string of the molecule is O=C(NCCc1ccccc1)c1cccc(CSc2nc(Cl)cc(N3CCCCC3)n2)c1. The minimum Gasteiger partial charge on any atom is -0.356 e. The van der Waals surface area contributed by atoms with Gasteiger partial charge in [-0.1, -0.05) is 65.8 Å². The van der Waals surface area contributed by atoms with Gasteiger partial charge in [0, 0.05) is 37.0 Å². The highest BCUT2D eigenvalue weighted by atomic mass is 35.5. The number of benzene rings is 2. The van der Waals surface area contributed by atoms with Crippen LogP contribution in [0.15, 0.2) is 65.8 Å². The molecule has 1 aromatic heterocycles. The van der Waals surface area contributed by atoms with E-state index in [1.807, 2.05) is 48.5 Å². The number of aromatic nitrogens is 2. The van der Waals surface area contributed by atoms with Gasteiger partial charge in [0.2, 0.25) is 0 Å². The molecule has 4 rings (SSSR count). The molecule has 0 spiro atoms. The number of carbonyl (C=O) groups excluding carboxylic acids is 1. The average Bonchev–Trinajstić information content (AvgIpc) is 2.84. The second-order valence-electron chi connectivity index (χ2n) is 7.86. The Balaban J connectivity index is 1.33. The number of rotatable bonds is 8. The van der Waals surface area contributed by atoms with E-state index in [-0.39, 0.29) is 5.91 Å². The van der Waals surface area contributed by atoms with Crippen molar-refractivity contribution >= 4 is 35.1 Å². The van der Waals surface area contributed by atoms with Gasteiger partial charge in [0.05, 0.1) is 0 Å². The lowest BCUT2D eigenvalue weighted by Gasteiger charge is -2.27. The highest BCUT2D eigenvalue weighted by Gasteiger charge is 2.15. The van der Waals surface area contributed by atoms with Gasteiger partial charge in [0.1, 0.15) is 11.0 Å². The van der Waals surface area contributed by atoms with Crippen molar-refractivity contribution in [2.24, 2.45) is 0 Å². The number of thioether (sulfide) groups is 1. The normalized spacial score (nSPS) is 13.7. The third-order valence-corrected chi connectivity index (χ3v) is 6.55. The molecule has 1 saturated heterocycles. The van der Waals surface area contributed by atoms with Crippen LogP contribution in [0.25, 0.3) is 0 Å². The van der Waals surface area contributed by atoms with Crippen LogP contribution >= 0.6 is 23.4 Å². The van der Waals surface area contributed by atoms with Crippen molar-refractivity contribution < 1.29 is 4.79 Å². The Hall–Kier alpha value is -2.57. The van der Waals surface area contributed by atoms with Crippen LogP contribution < -0.4 is 10.2 Å². The van der Waals surface area contributed by atoms with E-state index in [0.29, 0.717) is 28.2 Å². The lowest BCUT2D eigenvalue weighted by atomic mass is 10.1. The van der Waals surface area contributed by atoms with Crippen molar-refractivity contribution in [3.05, 3.63) is 82.5 Å². The third-order valence-electron chi connectivity index (χ3n) is 5.44. The Bertz CT molecular complexity index is 1040. The van der Waals surface area contributed by atoms with Gasteiger partial charge in [0.15, 0.2) is 5.16 Å². The van der Waals surface area contributed by atoms with Crippen LogP contribution in [0, 0.1) is 0 Å². The molecule has 7 heteroatoms. The first-order chi connectivity index (χ1) is 15.7. The number of hydrogen-bond donors (Lipinski definition) is 1. The smallest absolute Gasteiger partial charge is 0.251 e. The van der Waals surface area contributed by atoms with E-state index < -0.39 is 0 Å². The van der Waals surface area contributed by atoms with E-state index in [1.54, 1.807) is 0 Å². The van der Waals surface area contributed by atoms with Gasteiger partial charge in [-0.15, -0.1) is 0 Å². The molecule has 0 saturated carbocycles. The number of amides is 1. The molecule has 0 radical (unpaired) electrons. The molecule has 166 valence electrons. The quantitative estimate of drug-likeness (QED) is 0.274. The zero-order chi connectivity index (χ0) is 22.2. The molecule has 0 bridgehead atoms. The highest BCUT2D eigenvalue weighted by Crippen LogP contribution is 2.26. The van der Waals surface area contributed by atoms with Gasteiger partial charge in [-0.05, 0) is 48.9 Å². The van der Waals surface area contributed by atoms with Crippen LogP contribution in [0.1, 0.15) is 40.7 Å². The van der Waals surface area contributed by atoms with E-state index in [0.717, 1.165) is 30.9 Å². The largest absolute Gasteiger partial charge is 0.356 e. The van der Waals surface area contributed by atoms with Crippen LogP contribution in [0.3, 0.4) is 0 Å². The molecule has 0 aliphatic carbocycles. The summed E-state index contributed by atoms with van der Waals surface area (Å²) in [6.07, 6.45) is 4.45. The fraction of sp³-hybridized carbons (Fsp3) is 0.320. The van der Waals surface area contributed by atoms with Crippen LogP contribution in [0.2, 0.25) is 5.15 Å². The van der Waals surface area contributed by atoms with Crippen LogP contribution in [0.5, 0.6) is 0 Å². The maximum absolute atomic E-state index is 12.6. The summed E-state index contributed by atoms with van der Waals surface area (Å²) < 4.78 is 0. The number of hydrogen-bond acceptors (Lipinski definition) is 5. The van der Waals surface area contributed by atoms with E-state index in [9.17, 15) is 4.79 Å². The van der Waals surface area contributed by atoms with Crippen LogP contribution in [0.4, 0.5) is 5.82 Å². The molecule has 3 aromatic rings. The number of anilines is 1. The minimum absolute atomic E-state index is 0.0563. The summed E-state index contributed by atoms with van der Waals surface area (Å²) >= 11 is 7.80. The summed E-state index contributed by atoms with van der Waals surface area (Å²) in [6.45, 7) is 2.63. The third kappa shape index (κ3) is 6.47. The van der Waals surface area contributed by atoms with Crippen LogP contribution in [-0.4, -0.2) is 35.5 Å². The van der Waals surface area contributed by atoms with Crippen molar-refractivity contribution in [3.8, 4) is 0 Å². The molecular formula is C25H27ClN4OS. The van der Waals surface area contributed by atoms with Crippen molar-refractivity contribution in [2.45, 2.75) is 36.6 Å². The Kier molecular flexibility index (Phi) is 8.02. The van der Waals surface area contributed by atoms with Gasteiger partial charge in [0.25, 0.3) is 5.91 Å². The summed E-state index contributed by atoms with van der Waals surface area (Å²) in [7, 11) is 0. The van der Waals surface area contributed by atoms with Gasteiger partial charge in [-0.3, -0.25) is 4.79 Å². The van der Waals surface area contributed by atoms with E-state index in [4.69, 9.17) is 16.6 Å². The maximum atomic E-state index is 12.6. The van der Waals surface area contributed by atoms with Gasteiger partial charge in [-0.2, -0.15) is 0 Å². The zero-order valence-electron chi connectivity index (χ0n) is 18.0. The Morgan fingerprint density at radius 1 is 0.969 bits per heavy atom. The number of nitrogens with one attached hydrogen (secondary N) is 1. The minimum atomic E-state index is -0.0563. The van der Waals surface area contributed by atoms with E-state index in [1.165, 1.54) is 36.6 Å². The monoisotopic (exact) mass is 466 g/mol. The molecule has 1 fully saturated rings. The fourth-order valence-electron chi connectivity index (χ4n) is 3.75. The number of halogens is 1. The predicted octanol–water partition coefficient (Wildman–Crippen LogP) is 5.39. The predicted molar refractivity (Wildman–Crippen MR) is 132 cm³/mol. The van der Waals surface area contributed by atoms with E-state index >= 15 is 0 Å². The van der Waals surface area contributed by atoms with Crippen molar-refractivity contribution in [1.82, 2.24) is 15.3 Å². The lowest BCUT2D eigenvalue weighted by Crippen LogP contribution is -2.30. The first kappa shape index (κ1) is 22.6. The number of piperidine rings is 1. The molecule has 2 aromatic carbocycles. The summed E-state index contributed by atoms with van der Waals surface area (Å²) in [5, 5.41) is 4.14. The van der Waals surface area contributed by atoms with Crippen molar-refractivity contribution in [3.63, 3.8) is 0 Å². The molecular weight excluding hydrogens is 440 g/mol. The summed E-state index contributed by atoms with van der Waals surface area (Å²) in [6, 6.07) is 19.7. The molecule has 0 unspecified atom stereocenters. The van der Waals surface area contributed by atoms with Gasteiger partial charge in [-0.25, -0.2) is 9.97 Å². The van der Waals surface area contributed by atoms with E-state index in [2.05, 4.69) is 27.3 Å². The zero-order valence-corrected chi connectivity index (χ0v) is 19.5. The molecule has 5 nitrogen and oxygen atoms in total. The topological polar surface area (TPSA) is 58.1 Å². The highest BCUT2D eigenvalue weighted by molar-refractivity contribution is 7.98. The Labute approximate surface area is 198 Å². The van der Waals surface area contributed by atoms with Crippen molar-refractivity contribution in [1.29, 1.82) is 0 Å². The molecule has 1 aliphatic heterocycles. The summed E-state index contributed by atoms with van der Waals surface area (Å²) in [5.41, 5.74) is 2.93. The molecule has 32 heavy (non-hydrogen) atoms. The van der Waals surface area contributed by atoms with Gasteiger partial charge < -0.3 is 10.2 Å². The Morgan fingerprint density at radius 2 is 1.75 bits per heavy atom. The average molecular weight is 467 g/mol. The maximum Gasteiger partial charge on any atom is 0.251 e. The standard InChI is InChI=1S/C25H27ClN4OS/c26-22-17-23(30-14-5-2-6-15-30)29-25(28-22)32-18-20-10-7-11-21(16-20)24(31)27-13-12-19-8-3-1-4-9-19/h1,3-4,7-11,16-17H,2,5-6,12-15,18H2,(H,27,31). The summed E-state index contributed by atoms with van der Waals surface area (Å²) in [5.74, 6) is 1.52. The summed E-state index contributed by atoms with van der Waals surface area (Å²) in [4.78, 5) is 23.9. The second kappa shape index (κ2) is 11.3. The fourth-order valence-corrected chi connectivity index (χ4v) is 4.78. The van der Waals surface area contributed by atoms with Crippen molar-refractivity contribution in [2.75, 3.05) is 24.5 Å². The van der Waals surface area contributed by atoms with Crippen LogP contribution in [-0.2, 0) is 12.2 Å². The van der Waals surface area contributed by atoms with Gasteiger partial charge >= 0.3 is 0 Å².